The molecule has 0 radical (unpaired) electrons. The maximum absolute atomic E-state index is 11.7. The van der Waals surface area contributed by atoms with Gasteiger partial charge >= 0.3 is 6.09 Å². The first-order valence-corrected chi connectivity index (χ1v) is 6.81. The number of ether oxygens (including phenoxy) is 1. The van der Waals surface area contributed by atoms with Crippen LogP contribution in [0.1, 0.15) is 40.0 Å². The van der Waals surface area contributed by atoms with Crippen molar-refractivity contribution in [2.24, 2.45) is 0 Å². The molecule has 0 saturated heterocycles. The van der Waals surface area contributed by atoms with Crippen LogP contribution < -0.4 is 10.7 Å². The van der Waals surface area contributed by atoms with E-state index in [4.69, 9.17) is 4.74 Å². The number of rotatable bonds is 3. The van der Waals surface area contributed by atoms with Gasteiger partial charge in [-0.25, -0.2) is 4.79 Å². The highest BCUT2D eigenvalue weighted by Gasteiger charge is 2.27. The fourth-order valence-corrected chi connectivity index (χ4v) is 2.34. The summed E-state index contributed by atoms with van der Waals surface area (Å²) >= 11 is 0. The second kappa shape index (κ2) is 5.55. The van der Waals surface area contributed by atoms with Crippen molar-refractivity contribution in [2.75, 3.05) is 5.43 Å². The summed E-state index contributed by atoms with van der Waals surface area (Å²) in [5, 5.41) is 2.93. The van der Waals surface area contributed by atoms with E-state index in [-0.39, 0.29) is 12.1 Å². The highest BCUT2D eigenvalue weighted by atomic mass is 16.6. The van der Waals surface area contributed by atoms with E-state index in [1.807, 2.05) is 50.0 Å². The summed E-state index contributed by atoms with van der Waals surface area (Å²) in [6, 6.07) is 4.56. The van der Waals surface area contributed by atoms with Gasteiger partial charge in [-0.05, 0) is 52.2 Å². The standard InChI is InChI=1S/C14H23N3O2/c1-14(2,3)19-13(18)15-11-6-7-12(10-11)16-17-8-4-5-9-17/h4-5,8-9,11-12,16H,6-7,10H2,1-3H3,(H,15,18). The van der Waals surface area contributed by atoms with Crippen molar-refractivity contribution in [3.63, 3.8) is 0 Å². The van der Waals surface area contributed by atoms with E-state index in [1.165, 1.54) is 0 Å². The monoisotopic (exact) mass is 265 g/mol. The molecule has 5 heteroatoms. The van der Waals surface area contributed by atoms with E-state index in [2.05, 4.69) is 10.7 Å². The molecule has 0 bridgehead atoms. The first-order chi connectivity index (χ1) is 8.92. The average molecular weight is 265 g/mol. The number of nitrogens with zero attached hydrogens (tertiary/aromatic N) is 1. The van der Waals surface area contributed by atoms with Gasteiger partial charge in [-0.3, -0.25) is 4.68 Å². The molecular weight excluding hydrogens is 242 g/mol. The Morgan fingerprint density at radius 3 is 2.47 bits per heavy atom. The molecule has 0 aromatic carbocycles. The molecule has 1 saturated carbocycles. The zero-order valence-corrected chi connectivity index (χ0v) is 11.8. The second-order valence-electron chi connectivity index (χ2n) is 6.07. The molecule has 2 N–H and O–H groups in total. The van der Waals surface area contributed by atoms with Gasteiger partial charge in [-0.2, -0.15) is 0 Å². The molecule has 1 heterocycles. The fourth-order valence-electron chi connectivity index (χ4n) is 2.34. The number of nitrogens with one attached hydrogen (secondary N) is 2. The predicted octanol–water partition coefficient (Wildman–Crippen LogP) is 2.48. The summed E-state index contributed by atoms with van der Waals surface area (Å²) < 4.78 is 7.22. The molecule has 1 amide bonds. The average Bonchev–Trinajstić information content (AvgIpc) is 2.88. The molecular formula is C14H23N3O2. The minimum Gasteiger partial charge on any atom is -0.444 e. The second-order valence-corrected chi connectivity index (χ2v) is 6.07. The quantitative estimate of drug-likeness (QED) is 0.882. The van der Waals surface area contributed by atoms with Gasteiger partial charge in [-0.1, -0.05) is 0 Å². The van der Waals surface area contributed by atoms with Crippen LogP contribution in [0.25, 0.3) is 0 Å². The molecule has 5 nitrogen and oxygen atoms in total. The number of amides is 1. The molecule has 0 aliphatic heterocycles. The summed E-state index contributed by atoms with van der Waals surface area (Å²) in [7, 11) is 0. The van der Waals surface area contributed by atoms with E-state index in [9.17, 15) is 4.79 Å². The highest BCUT2D eigenvalue weighted by molar-refractivity contribution is 5.68. The van der Waals surface area contributed by atoms with Crippen LogP contribution in [-0.2, 0) is 4.74 Å². The Hall–Kier alpha value is -1.65. The summed E-state index contributed by atoms with van der Waals surface area (Å²) in [5.74, 6) is 0. The molecule has 1 aromatic heterocycles. The number of hydrogen-bond donors (Lipinski definition) is 2. The van der Waals surface area contributed by atoms with E-state index >= 15 is 0 Å². The van der Waals surface area contributed by atoms with Crippen LogP contribution in [-0.4, -0.2) is 28.5 Å². The minimum absolute atomic E-state index is 0.197. The van der Waals surface area contributed by atoms with Crippen molar-refractivity contribution >= 4 is 6.09 Å². The smallest absolute Gasteiger partial charge is 0.407 e. The lowest BCUT2D eigenvalue weighted by atomic mass is 10.2. The van der Waals surface area contributed by atoms with Gasteiger partial charge in [-0.15, -0.1) is 0 Å². The Balaban J connectivity index is 1.74. The van der Waals surface area contributed by atoms with Gasteiger partial charge in [0.05, 0.1) is 0 Å². The number of carbonyl (C=O) groups excluding carboxylic acids is 1. The predicted molar refractivity (Wildman–Crippen MR) is 74.6 cm³/mol. The molecule has 1 aliphatic rings. The summed E-state index contributed by atoms with van der Waals surface area (Å²) in [4.78, 5) is 11.7. The zero-order valence-electron chi connectivity index (χ0n) is 11.8. The van der Waals surface area contributed by atoms with E-state index in [0.717, 1.165) is 19.3 Å². The van der Waals surface area contributed by atoms with Crippen LogP contribution in [0.4, 0.5) is 4.79 Å². The summed E-state index contributed by atoms with van der Waals surface area (Å²) in [6.45, 7) is 5.62. The minimum atomic E-state index is -0.439. The Morgan fingerprint density at radius 2 is 1.84 bits per heavy atom. The highest BCUT2D eigenvalue weighted by Crippen LogP contribution is 2.20. The zero-order chi connectivity index (χ0) is 13.9. The Kier molecular flexibility index (Phi) is 4.02. The van der Waals surface area contributed by atoms with Crippen molar-refractivity contribution in [3.8, 4) is 0 Å². The SMILES string of the molecule is CC(C)(C)OC(=O)NC1CCC(Nn2cccc2)C1. The number of hydrogen-bond acceptors (Lipinski definition) is 3. The van der Waals surface area contributed by atoms with Gasteiger partial charge in [0.15, 0.2) is 0 Å². The van der Waals surface area contributed by atoms with Crippen LogP contribution in [0.2, 0.25) is 0 Å². The molecule has 2 unspecified atom stereocenters. The van der Waals surface area contributed by atoms with E-state index < -0.39 is 5.60 Å². The van der Waals surface area contributed by atoms with Crippen LogP contribution in [0, 0.1) is 0 Å². The lowest BCUT2D eigenvalue weighted by Crippen LogP contribution is -2.38. The van der Waals surface area contributed by atoms with Gasteiger partial charge in [0.25, 0.3) is 0 Å². The van der Waals surface area contributed by atoms with Crippen molar-refractivity contribution in [3.05, 3.63) is 24.5 Å². The third-order valence-electron chi connectivity index (χ3n) is 3.09. The number of aromatic nitrogens is 1. The largest absolute Gasteiger partial charge is 0.444 e. The van der Waals surface area contributed by atoms with Crippen LogP contribution in [0.15, 0.2) is 24.5 Å². The first-order valence-electron chi connectivity index (χ1n) is 6.81. The lowest BCUT2D eigenvalue weighted by molar-refractivity contribution is 0.0505. The third kappa shape index (κ3) is 4.50. The summed E-state index contributed by atoms with van der Waals surface area (Å²) in [5.41, 5.74) is 2.96. The van der Waals surface area contributed by atoms with Crippen LogP contribution in [0.5, 0.6) is 0 Å². The Labute approximate surface area is 114 Å². The normalized spacial score (nSPS) is 23.1. The van der Waals surface area contributed by atoms with Gasteiger partial charge < -0.3 is 15.5 Å². The molecule has 19 heavy (non-hydrogen) atoms. The molecule has 2 rings (SSSR count). The van der Waals surface area contributed by atoms with Crippen molar-refractivity contribution in [2.45, 2.75) is 57.7 Å². The lowest BCUT2D eigenvalue weighted by Gasteiger charge is -2.22. The first kappa shape index (κ1) is 13.8. The van der Waals surface area contributed by atoms with Crippen LogP contribution in [0.3, 0.4) is 0 Å². The van der Waals surface area contributed by atoms with Crippen LogP contribution >= 0.6 is 0 Å². The topological polar surface area (TPSA) is 55.3 Å². The number of carbonyl (C=O) groups is 1. The van der Waals surface area contributed by atoms with Gasteiger partial charge in [0.1, 0.15) is 5.60 Å². The molecule has 1 aromatic rings. The molecule has 1 fully saturated rings. The van der Waals surface area contributed by atoms with Gasteiger partial charge in [0, 0.05) is 24.5 Å². The van der Waals surface area contributed by atoms with Crippen molar-refractivity contribution in [1.82, 2.24) is 9.99 Å². The third-order valence-corrected chi connectivity index (χ3v) is 3.09. The van der Waals surface area contributed by atoms with E-state index in [0.29, 0.717) is 6.04 Å². The molecule has 106 valence electrons. The molecule has 0 spiro atoms. The summed E-state index contributed by atoms with van der Waals surface area (Å²) in [6.07, 6.45) is 6.61. The van der Waals surface area contributed by atoms with E-state index in [1.54, 1.807) is 0 Å². The van der Waals surface area contributed by atoms with Crippen molar-refractivity contribution < 1.29 is 9.53 Å². The maximum atomic E-state index is 11.7. The number of alkyl carbamates (subject to hydrolysis) is 1. The Bertz CT molecular complexity index is 409. The van der Waals surface area contributed by atoms with Crippen molar-refractivity contribution in [1.29, 1.82) is 0 Å². The van der Waals surface area contributed by atoms with Gasteiger partial charge in [0.2, 0.25) is 0 Å². The molecule has 1 aliphatic carbocycles. The Morgan fingerprint density at radius 1 is 1.21 bits per heavy atom. The maximum Gasteiger partial charge on any atom is 0.407 e. The fraction of sp³-hybridized carbons (Fsp3) is 0.643. The molecule has 2 atom stereocenters.